The van der Waals surface area contributed by atoms with E-state index in [2.05, 4.69) is 10.6 Å². The molecule has 0 bridgehead atoms. The highest BCUT2D eigenvalue weighted by molar-refractivity contribution is 6.05. The Balaban J connectivity index is 1.85. The van der Waals surface area contributed by atoms with Gasteiger partial charge in [-0.3, -0.25) is 14.7 Å². The molecule has 162 valence electrons. The molecule has 4 aromatic rings. The molecule has 0 fully saturated rings. The first-order valence-corrected chi connectivity index (χ1v) is 10.8. The van der Waals surface area contributed by atoms with E-state index in [1.807, 2.05) is 93.6 Å². The van der Waals surface area contributed by atoms with Gasteiger partial charge in [-0.25, -0.2) is 4.79 Å². The Hall–Kier alpha value is -3.86. The van der Waals surface area contributed by atoms with Crippen LogP contribution in [0.5, 0.6) is 0 Å². The first-order chi connectivity index (χ1) is 15.5. The van der Waals surface area contributed by atoms with Gasteiger partial charge in [-0.2, -0.15) is 0 Å². The molecule has 2 amide bonds. The fourth-order valence-corrected chi connectivity index (χ4v) is 3.97. The summed E-state index contributed by atoms with van der Waals surface area (Å²) in [6.45, 7) is 6.80. The van der Waals surface area contributed by atoms with Crippen molar-refractivity contribution in [1.82, 2.24) is 9.88 Å². The average Bonchev–Trinajstić information content (AvgIpc) is 2.81. The summed E-state index contributed by atoms with van der Waals surface area (Å²) in [5, 5.41) is 7.38. The van der Waals surface area contributed by atoms with Crippen LogP contribution in [0, 0.1) is 13.8 Å². The molecule has 0 radical (unpaired) electrons. The molecule has 1 aromatic heterocycles. The van der Waals surface area contributed by atoms with E-state index in [1.54, 1.807) is 4.57 Å². The maximum atomic E-state index is 13.4. The van der Waals surface area contributed by atoms with Gasteiger partial charge in [-0.15, -0.1) is 0 Å². The largest absolute Gasteiger partial charge is 0.334 e. The van der Waals surface area contributed by atoms with Crippen LogP contribution in [0.1, 0.15) is 23.6 Å². The van der Waals surface area contributed by atoms with Crippen molar-refractivity contribution in [2.75, 3.05) is 5.32 Å². The highest BCUT2D eigenvalue weighted by atomic mass is 16.2. The molecule has 0 atom stereocenters. The van der Waals surface area contributed by atoms with Crippen LogP contribution >= 0.6 is 0 Å². The second-order valence-electron chi connectivity index (χ2n) is 7.91. The number of benzene rings is 3. The summed E-state index contributed by atoms with van der Waals surface area (Å²) in [7, 11) is 0. The van der Waals surface area contributed by atoms with E-state index in [9.17, 15) is 9.59 Å². The molecule has 0 spiro atoms. The van der Waals surface area contributed by atoms with Gasteiger partial charge in [0.1, 0.15) is 5.82 Å². The molecule has 0 aliphatic heterocycles. The number of fused-ring (bicyclic) bond motifs is 1. The molecule has 0 saturated carbocycles. The van der Waals surface area contributed by atoms with Crippen molar-refractivity contribution in [2.24, 2.45) is 0 Å². The number of pyridine rings is 1. The van der Waals surface area contributed by atoms with Gasteiger partial charge in [0.25, 0.3) is 5.56 Å². The van der Waals surface area contributed by atoms with Gasteiger partial charge in [0.2, 0.25) is 0 Å². The number of aryl methyl sites for hydroxylation is 2. The summed E-state index contributed by atoms with van der Waals surface area (Å²) in [4.78, 5) is 26.2. The number of aromatic nitrogens is 1. The Labute approximate surface area is 187 Å². The number of nitrogens with one attached hydrogen (secondary N) is 2. The van der Waals surface area contributed by atoms with Gasteiger partial charge in [0.05, 0.1) is 0 Å². The summed E-state index contributed by atoms with van der Waals surface area (Å²) in [6, 6.07) is 23.2. The van der Waals surface area contributed by atoms with Gasteiger partial charge >= 0.3 is 6.03 Å². The van der Waals surface area contributed by atoms with Crippen LogP contribution in [-0.2, 0) is 13.1 Å². The Bertz CT molecular complexity index is 1330. The van der Waals surface area contributed by atoms with E-state index in [1.165, 1.54) is 0 Å². The second kappa shape index (κ2) is 9.10. The fraction of sp³-hybridized carbons (Fsp3) is 0.185. The lowest BCUT2D eigenvalue weighted by Crippen LogP contribution is -2.32. The summed E-state index contributed by atoms with van der Waals surface area (Å²) in [6.07, 6.45) is 0. The number of nitrogens with zero attached hydrogens (tertiary/aromatic N) is 1. The van der Waals surface area contributed by atoms with Crippen molar-refractivity contribution in [3.05, 3.63) is 99.8 Å². The number of amides is 2. The van der Waals surface area contributed by atoms with Crippen LogP contribution in [-0.4, -0.2) is 10.6 Å². The number of hydrogen-bond acceptors (Lipinski definition) is 2. The number of urea groups is 1. The third-order valence-electron chi connectivity index (χ3n) is 5.79. The standard InChI is InChI=1S/C27H27N3O2/c1-4-30-25(29-27(32)28-17-20-11-7-5-8-12-20)24(21-13-9-6-10-14-21)22-15-18(2)19(3)16-23(22)26(30)31/h5-16H,4,17H2,1-3H3,(H2,28,29,32). The Morgan fingerprint density at radius 3 is 2.09 bits per heavy atom. The lowest BCUT2D eigenvalue weighted by molar-refractivity contribution is 0.251. The zero-order valence-corrected chi connectivity index (χ0v) is 18.6. The Kier molecular flexibility index (Phi) is 6.08. The van der Waals surface area contributed by atoms with Crippen LogP contribution in [0.3, 0.4) is 0 Å². The predicted octanol–water partition coefficient (Wildman–Crippen LogP) is 5.63. The maximum absolute atomic E-state index is 13.4. The molecular weight excluding hydrogens is 398 g/mol. The summed E-state index contributed by atoms with van der Waals surface area (Å²) in [5.74, 6) is 0.505. The number of carbonyl (C=O) groups is 1. The summed E-state index contributed by atoms with van der Waals surface area (Å²) >= 11 is 0. The number of rotatable bonds is 5. The lowest BCUT2D eigenvalue weighted by Gasteiger charge is -2.21. The normalized spacial score (nSPS) is 10.8. The second-order valence-corrected chi connectivity index (χ2v) is 7.91. The first kappa shape index (κ1) is 21.4. The fourth-order valence-electron chi connectivity index (χ4n) is 3.97. The molecule has 32 heavy (non-hydrogen) atoms. The molecule has 4 rings (SSSR count). The van der Waals surface area contributed by atoms with Crippen molar-refractivity contribution in [3.8, 4) is 11.1 Å². The van der Waals surface area contributed by atoms with Crippen molar-refractivity contribution >= 4 is 22.6 Å². The minimum absolute atomic E-state index is 0.108. The molecular formula is C27H27N3O2. The highest BCUT2D eigenvalue weighted by Crippen LogP contribution is 2.35. The highest BCUT2D eigenvalue weighted by Gasteiger charge is 2.20. The molecule has 5 nitrogen and oxygen atoms in total. The Morgan fingerprint density at radius 1 is 0.875 bits per heavy atom. The molecule has 0 aliphatic carbocycles. The summed E-state index contributed by atoms with van der Waals surface area (Å²) < 4.78 is 1.64. The summed E-state index contributed by atoms with van der Waals surface area (Å²) in [5.41, 5.74) is 4.86. The molecule has 5 heteroatoms. The van der Waals surface area contributed by atoms with Gasteiger partial charge in [-0.05, 0) is 54.5 Å². The maximum Gasteiger partial charge on any atom is 0.320 e. The third kappa shape index (κ3) is 4.14. The van der Waals surface area contributed by atoms with E-state index in [4.69, 9.17) is 0 Å². The van der Waals surface area contributed by atoms with E-state index < -0.39 is 0 Å². The molecule has 0 unspecified atom stereocenters. The van der Waals surface area contributed by atoms with Crippen molar-refractivity contribution in [2.45, 2.75) is 33.9 Å². The van der Waals surface area contributed by atoms with Gasteiger partial charge < -0.3 is 5.32 Å². The quantitative estimate of drug-likeness (QED) is 0.435. The van der Waals surface area contributed by atoms with Gasteiger partial charge in [-0.1, -0.05) is 66.7 Å². The number of anilines is 1. The topological polar surface area (TPSA) is 63.1 Å². The van der Waals surface area contributed by atoms with Crippen LogP contribution < -0.4 is 16.2 Å². The molecule has 1 heterocycles. The zero-order chi connectivity index (χ0) is 22.7. The SMILES string of the molecule is CCn1c(NC(=O)NCc2ccccc2)c(-c2ccccc2)c2cc(C)c(C)cc2c1=O. The van der Waals surface area contributed by atoms with E-state index in [-0.39, 0.29) is 11.6 Å². The van der Waals surface area contributed by atoms with E-state index >= 15 is 0 Å². The van der Waals surface area contributed by atoms with Crippen molar-refractivity contribution in [1.29, 1.82) is 0 Å². The predicted molar refractivity (Wildman–Crippen MR) is 131 cm³/mol. The van der Waals surface area contributed by atoms with Gasteiger partial charge in [0, 0.05) is 24.0 Å². The van der Waals surface area contributed by atoms with E-state index in [0.717, 1.165) is 33.2 Å². The van der Waals surface area contributed by atoms with E-state index in [0.29, 0.717) is 24.3 Å². The van der Waals surface area contributed by atoms with Crippen molar-refractivity contribution in [3.63, 3.8) is 0 Å². The van der Waals surface area contributed by atoms with Gasteiger partial charge in [0.15, 0.2) is 0 Å². The Morgan fingerprint density at radius 2 is 1.47 bits per heavy atom. The molecule has 0 aliphatic rings. The van der Waals surface area contributed by atoms with Crippen LogP contribution in [0.4, 0.5) is 10.6 Å². The molecule has 2 N–H and O–H groups in total. The minimum Gasteiger partial charge on any atom is -0.334 e. The van der Waals surface area contributed by atoms with Crippen molar-refractivity contribution < 1.29 is 4.79 Å². The molecule has 3 aromatic carbocycles. The minimum atomic E-state index is -0.351. The zero-order valence-electron chi connectivity index (χ0n) is 18.6. The first-order valence-electron chi connectivity index (χ1n) is 10.8. The van der Waals surface area contributed by atoms with Crippen LogP contribution in [0.25, 0.3) is 21.9 Å². The average molecular weight is 426 g/mol. The van der Waals surface area contributed by atoms with Crippen LogP contribution in [0.15, 0.2) is 77.6 Å². The molecule has 0 saturated heterocycles. The lowest BCUT2D eigenvalue weighted by atomic mass is 9.95. The monoisotopic (exact) mass is 425 g/mol. The number of hydrogen-bond donors (Lipinski definition) is 2. The smallest absolute Gasteiger partial charge is 0.320 e. The van der Waals surface area contributed by atoms with Crippen LogP contribution in [0.2, 0.25) is 0 Å². The third-order valence-corrected chi connectivity index (χ3v) is 5.79. The number of carbonyl (C=O) groups excluding carboxylic acids is 1.